The van der Waals surface area contributed by atoms with Crippen molar-refractivity contribution >= 4 is 17.5 Å². The second-order valence-electron chi connectivity index (χ2n) is 6.33. The van der Waals surface area contributed by atoms with Gasteiger partial charge in [-0.2, -0.15) is 0 Å². The van der Waals surface area contributed by atoms with Crippen LogP contribution in [-0.4, -0.2) is 28.1 Å². The molecule has 0 bridgehead atoms. The van der Waals surface area contributed by atoms with Crippen LogP contribution in [0.1, 0.15) is 21.2 Å². The van der Waals surface area contributed by atoms with Gasteiger partial charge in [0.15, 0.2) is 11.6 Å². The van der Waals surface area contributed by atoms with Crippen molar-refractivity contribution in [2.45, 2.75) is 10.4 Å². The van der Waals surface area contributed by atoms with Crippen LogP contribution in [0.4, 0.5) is 0 Å². The summed E-state index contributed by atoms with van der Waals surface area (Å²) >= 11 is 1.34. The lowest BCUT2D eigenvalue weighted by atomic mass is 10.0. The van der Waals surface area contributed by atoms with Gasteiger partial charge in [-0.1, -0.05) is 72.4 Å². The Morgan fingerprint density at radius 3 is 2.24 bits per heavy atom. The lowest BCUT2D eigenvalue weighted by Gasteiger charge is -2.14. The highest BCUT2D eigenvalue weighted by Crippen LogP contribution is 2.36. The second kappa shape index (κ2) is 8.75. The van der Waals surface area contributed by atoms with Crippen molar-refractivity contribution in [3.8, 4) is 17.1 Å². The number of ketones is 1. The Labute approximate surface area is 173 Å². The van der Waals surface area contributed by atoms with E-state index in [4.69, 9.17) is 4.74 Å². The zero-order valence-electron chi connectivity index (χ0n) is 15.8. The minimum absolute atomic E-state index is 0.0256. The predicted molar refractivity (Wildman–Crippen MR) is 114 cm³/mol. The molecule has 0 radical (unpaired) electrons. The van der Waals surface area contributed by atoms with Crippen molar-refractivity contribution in [2.75, 3.05) is 7.11 Å². The third-order valence-corrected chi connectivity index (χ3v) is 5.57. The maximum absolute atomic E-state index is 13.2. The fourth-order valence-corrected chi connectivity index (χ4v) is 3.93. The molecule has 4 aromatic rings. The van der Waals surface area contributed by atoms with Gasteiger partial charge in [0.25, 0.3) is 0 Å². The number of carbonyl (C=O) groups excluding carboxylic acids is 1. The number of Topliss-reactive ketones (excluding diaryl/α,β-unsaturated/α-hetero) is 1. The molecule has 3 aromatic carbocycles. The van der Waals surface area contributed by atoms with E-state index in [0.717, 1.165) is 16.9 Å². The number of methoxy groups -OCH3 is 1. The lowest BCUT2D eigenvalue weighted by Crippen LogP contribution is -2.10. The highest BCUT2D eigenvalue weighted by atomic mass is 32.2. The van der Waals surface area contributed by atoms with Crippen LogP contribution in [0.3, 0.4) is 0 Å². The van der Waals surface area contributed by atoms with Crippen LogP contribution >= 0.6 is 11.8 Å². The molecular weight excluding hydrogens is 382 g/mol. The number of benzene rings is 3. The molecule has 5 nitrogen and oxygen atoms in total. The first-order valence-corrected chi connectivity index (χ1v) is 10.0. The zero-order valence-corrected chi connectivity index (χ0v) is 16.6. The number of aromatic nitrogens is 3. The Kier molecular flexibility index (Phi) is 5.72. The van der Waals surface area contributed by atoms with Gasteiger partial charge in [0.1, 0.15) is 11.0 Å². The molecule has 29 heavy (non-hydrogen) atoms. The van der Waals surface area contributed by atoms with Gasteiger partial charge in [0.05, 0.1) is 7.11 Å². The largest absolute Gasteiger partial charge is 0.497 e. The smallest absolute Gasteiger partial charge is 0.209 e. The first kappa shape index (κ1) is 19.0. The van der Waals surface area contributed by atoms with Crippen LogP contribution in [0, 0.1) is 0 Å². The number of aromatic amines is 1. The first-order valence-electron chi connectivity index (χ1n) is 9.12. The third kappa shape index (κ3) is 4.38. The van der Waals surface area contributed by atoms with E-state index in [9.17, 15) is 4.79 Å². The van der Waals surface area contributed by atoms with E-state index in [1.807, 2.05) is 84.9 Å². The van der Waals surface area contributed by atoms with E-state index in [0.29, 0.717) is 16.5 Å². The second-order valence-corrected chi connectivity index (χ2v) is 7.41. The molecule has 0 aliphatic carbocycles. The van der Waals surface area contributed by atoms with E-state index in [2.05, 4.69) is 15.2 Å². The van der Waals surface area contributed by atoms with Crippen LogP contribution in [0.2, 0.25) is 0 Å². The normalized spacial score (nSPS) is 11.8. The van der Waals surface area contributed by atoms with E-state index < -0.39 is 5.25 Å². The molecule has 1 N–H and O–H groups in total. The first-order chi connectivity index (χ1) is 14.2. The van der Waals surface area contributed by atoms with Crippen molar-refractivity contribution < 1.29 is 9.53 Å². The van der Waals surface area contributed by atoms with Gasteiger partial charge in [-0.05, 0) is 29.8 Å². The molecule has 0 fully saturated rings. The van der Waals surface area contributed by atoms with Crippen molar-refractivity contribution in [3.05, 3.63) is 96.1 Å². The van der Waals surface area contributed by atoms with Gasteiger partial charge in [0.2, 0.25) is 5.16 Å². The summed E-state index contributed by atoms with van der Waals surface area (Å²) in [5.41, 5.74) is 2.48. The van der Waals surface area contributed by atoms with Gasteiger partial charge in [-0.3, -0.25) is 9.89 Å². The predicted octanol–water partition coefficient (Wildman–Crippen LogP) is 5.20. The van der Waals surface area contributed by atoms with Crippen LogP contribution in [-0.2, 0) is 0 Å². The number of hydrogen-bond donors (Lipinski definition) is 1. The summed E-state index contributed by atoms with van der Waals surface area (Å²) in [4.78, 5) is 17.8. The van der Waals surface area contributed by atoms with Crippen molar-refractivity contribution in [1.82, 2.24) is 15.2 Å². The van der Waals surface area contributed by atoms with Gasteiger partial charge < -0.3 is 4.74 Å². The molecule has 1 aromatic heterocycles. The van der Waals surface area contributed by atoms with E-state index >= 15 is 0 Å². The quantitative estimate of drug-likeness (QED) is 0.341. The SMILES string of the molecule is COc1ccc(-c2nc(S[C@@H](C(=O)c3ccccc3)c3ccccc3)n[nH]2)cc1. The molecule has 0 aliphatic rings. The fraction of sp³-hybridized carbons (Fsp3) is 0.0870. The molecule has 0 unspecified atom stereocenters. The van der Waals surface area contributed by atoms with E-state index in [-0.39, 0.29) is 5.78 Å². The lowest BCUT2D eigenvalue weighted by molar-refractivity contribution is 0.0989. The standard InChI is InChI=1S/C23H19N3O2S/c1-28-19-14-12-18(13-15-19)22-24-23(26-25-22)29-21(17-10-6-3-7-11-17)20(27)16-8-4-2-5-9-16/h2-15,21H,1H3,(H,24,25,26)/t21-/m1/s1. The molecule has 0 spiro atoms. The molecule has 6 heteroatoms. The summed E-state index contributed by atoms with van der Waals surface area (Å²) in [7, 11) is 1.63. The fourth-order valence-electron chi connectivity index (χ4n) is 2.94. The van der Waals surface area contributed by atoms with Crippen LogP contribution in [0.5, 0.6) is 5.75 Å². The highest BCUT2D eigenvalue weighted by Gasteiger charge is 2.25. The monoisotopic (exact) mass is 401 g/mol. The minimum atomic E-state index is -0.432. The van der Waals surface area contributed by atoms with Gasteiger partial charge >= 0.3 is 0 Å². The number of thioether (sulfide) groups is 1. The molecule has 4 rings (SSSR count). The van der Waals surface area contributed by atoms with Crippen LogP contribution < -0.4 is 4.74 Å². The van der Waals surface area contributed by atoms with E-state index in [1.54, 1.807) is 7.11 Å². The average molecular weight is 401 g/mol. The molecule has 1 atom stereocenters. The maximum Gasteiger partial charge on any atom is 0.209 e. The van der Waals surface area contributed by atoms with Gasteiger partial charge in [-0.25, -0.2) is 4.98 Å². The van der Waals surface area contributed by atoms with Crippen LogP contribution in [0.15, 0.2) is 90.1 Å². The number of ether oxygens (including phenoxy) is 1. The molecule has 0 aliphatic heterocycles. The Hall–Kier alpha value is -3.38. The number of nitrogens with zero attached hydrogens (tertiary/aromatic N) is 2. The van der Waals surface area contributed by atoms with Gasteiger partial charge in [0, 0.05) is 11.1 Å². The molecule has 0 saturated heterocycles. The van der Waals surface area contributed by atoms with Crippen molar-refractivity contribution in [3.63, 3.8) is 0 Å². The number of carbonyl (C=O) groups is 1. The zero-order chi connectivity index (χ0) is 20.1. The Bertz CT molecular complexity index is 1080. The Balaban J connectivity index is 1.61. The van der Waals surface area contributed by atoms with Gasteiger partial charge in [-0.15, -0.1) is 5.10 Å². The van der Waals surface area contributed by atoms with Crippen LogP contribution in [0.25, 0.3) is 11.4 Å². The highest BCUT2D eigenvalue weighted by molar-refractivity contribution is 8.00. The number of hydrogen-bond acceptors (Lipinski definition) is 5. The van der Waals surface area contributed by atoms with Crippen molar-refractivity contribution in [2.24, 2.45) is 0 Å². The molecule has 1 heterocycles. The number of rotatable bonds is 7. The molecule has 0 saturated carbocycles. The van der Waals surface area contributed by atoms with Crippen molar-refractivity contribution in [1.29, 1.82) is 0 Å². The summed E-state index contributed by atoms with van der Waals surface area (Å²) in [5.74, 6) is 1.45. The number of nitrogens with one attached hydrogen (secondary N) is 1. The van der Waals surface area contributed by atoms with E-state index in [1.165, 1.54) is 11.8 Å². The number of H-pyrrole nitrogens is 1. The molecule has 144 valence electrons. The topological polar surface area (TPSA) is 67.9 Å². The summed E-state index contributed by atoms with van der Waals surface area (Å²) in [6.45, 7) is 0. The summed E-state index contributed by atoms with van der Waals surface area (Å²) in [6.07, 6.45) is 0. The molecule has 0 amide bonds. The Morgan fingerprint density at radius 2 is 1.59 bits per heavy atom. The summed E-state index contributed by atoms with van der Waals surface area (Å²) in [5, 5.41) is 7.37. The molecular formula is C23H19N3O2S. The summed E-state index contributed by atoms with van der Waals surface area (Å²) in [6, 6.07) is 26.6. The Morgan fingerprint density at radius 1 is 0.931 bits per heavy atom. The maximum atomic E-state index is 13.2. The summed E-state index contributed by atoms with van der Waals surface area (Å²) < 4.78 is 5.19. The third-order valence-electron chi connectivity index (χ3n) is 4.45. The minimum Gasteiger partial charge on any atom is -0.497 e. The average Bonchev–Trinajstić information content (AvgIpc) is 3.27.